The Hall–Kier alpha value is -1.59. The lowest BCUT2D eigenvalue weighted by Gasteiger charge is -2.24. The van der Waals surface area contributed by atoms with Gasteiger partial charge in [0, 0.05) is 0 Å². The summed E-state index contributed by atoms with van der Waals surface area (Å²) in [7, 11) is 0. The first-order valence-corrected chi connectivity index (χ1v) is 6.65. The van der Waals surface area contributed by atoms with Gasteiger partial charge >= 0.3 is 6.09 Å². The maximum absolute atomic E-state index is 11.8. The zero-order valence-electron chi connectivity index (χ0n) is 12.3. The maximum Gasteiger partial charge on any atom is 0.408 e. The summed E-state index contributed by atoms with van der Waals surface area (Å²) in [4.78, 5) is 11.8. The van der Waals surface area contributed by atoms with Gasteiger partial charge in [0.1, 0.15) is 5.60 Å². The van der Waals surface area contributed by atoms with Crippen LogP contribution in [0.4, 0.5) is 4.79 Å². The number of aliphatic hydroxyl groups is 1. The van der Waals surface area contributed by atoms with Gasteiger partial charge in [0.05, 0.1) is 25.9 Å². The highest BCUT2D eigenvalue weighted by Crippen LogP contribution is 2.15. The summed E-state index contributed by atoms with van der Waals surface area (Å²) >= 11 is 0. The van der Waals surface area contributed by atoms with Crippen LogP contribution in [0.3, 0.4) is 0 Å². The van der Waals surface area contributed by atoms with Crippen molar-refractivity contribution in [1.29, 1.82) is 0 Å². The Morgan fingerprint density at radius 1 is 1.30 bits per heavy atom. The monoisotopic (exact) mass is 281 g/mol. The van der Waals surface area contributed by atoms with Gasteiger partial charge in [0.2, 0.25) is 0 Å². The molecule has 0 heterocycles. The fraction of sp³-hybridized carbons (Fsp3) is 0.533. The largest absolute Gasteiger partial charge is 0.444 e. The first-order chi connectivity index (χ1) is 9.42. The predicted molar refractivity (Wildman–Crippen MR) is 76.5 cm³/mol. The van der Waals surface area contributed by atoms with Crippen molar-refractivity contribution in [2.45, 2.75) is 32.4 Å². The molecule has 5 heteroatoms. The Morgan fingerprint density at radius 3 is 2.50 bits per heavy atom. The molecule has 0 aromatic heterocycles. The highest BCUT2D eigenvalue weighted by molar-refractivity contribution is 5.68. The van der Waals surface area contributed by atoms with Crippen LogP contribution in [-0.2, 0) is 9.47 Å². The molecule has 2 N–H and O–H groups in total. The van der Waals surface area contributed by atoms with Crippen molar-refractivity contribution in [2.75, 3.05) is 19.8 Å². The van der Waals surface area contributed by atoms with E-state index in [1.165, 1.54) is 0 Å². The second-order valence-corrected chi connectivity index (χ2v) is 5.41. The molecule has 112 valence electrons. The summed E-state index contributed by atoms with van der Waals surface area (Å²) in [5.41, 5.74) is 0.383. The minimum Gasteiger partial charge on any atom is -0.444 e. The molecular weight excluding hydrogens is 258 g/mol. The summed E-state index contributed by atoms with van der Waals surface area (Å²) in [6.07, 6.45) is -0.487. The van der Waals surface area contributed by atoms with Crippen LogP contribution >= 0.6 is 0 Å². The molecule has 0 aliphatic rings. The molecule has 5 nitrogen and oxygen atoms in total. The Balaban J connectivity index is 2.65. The molecule has 0 saturated heterocycles. The van der Waals surface area contributed by atoms with Crippen LogP contribution in [0.1, 0.15) is 32.4 Å². The van der Waals surface area contributed by atoms with E-state index < -0.39 is 11.7 Å². The number of amides is 1. The van der Waals surface area contributed by atoms with Gasteiger partial charge in [-0.2, -0.15) is 0 Å². The Kier molecular flexibility index (Phi) is 6.48. The SMILES string of the molecule is CC(C)(C)OC(=O)N[C@H](COCCO)c1ccccc1. The van der Waals surface area contributed by atoms with Crippen molar-refractivity contribution >= 4 is 6.09 Å². The number of alkyl carbamates (subject to hydrolysis) is 1. The number of rotatable bonds is 6. The molecule has 0 aliphatic heterocycles. The highest BCUT2D eigenvalue weighted by atomic mass is 16.6. The van der Waals surface area contributed by atoms with Crippen LogP contribution in [-0.4, -0.2) is 36.6 Å². The van der Waals surface area contributed by atoms with Crippen molar-refractivity contribution in [1.82, 2.24) is 5.32 Å². The molecule has 0 spiro atoms. The van der Waals surface area contributed by atoms with E-state index in [1.807, 2.05) is 51.1 Å². The fourth-order valence-corrected chi connectivity index (χ4v) is 1.62. The van der Waals surface area contributed by atoms with Crippen molar-refractivity contribution in [2.24, 2.45) is 0 Å². The molecule has 1 aromatic carbocycles. The van der Waals surface area contributed by atoms with Gasteiger partial charge in [0.15, 0.2) is 0 Å². The predicted octanol–water partition coefficient (Wildman–Crippen LogP) is 2.26. The first-order valence-electron chi connectivity index (χ1n) is 6.65. The number of carbonyl (C=O) groups is 1. The summed E-state index contributed by atoms with van der Waals surface area (Å²) in [6, 6.07) is 9.20. The zero-order chi connectivity index (χ0) is 15.0. The number of ether oxygens (including phenoxy) is 2. The van der Waals surface area contributed by atoms with Gasteiger partial charge in [-0.05, 0) is 26.3 Å². The van der Waals surface area contributed by atoms with Crippen LogP contribution in [0.5, 0.6) is 0 Å². The zero-order valence-corrected chi connectivity index (χ0v) is 12.3. The van der Waals surface area contributed by atoms with E-state index in [4.69, 9.17) is 14.6 Å². The third kappa shape index (κ3) is 6.54. The average Bonchev–Trinajstić information content (AvgIpc) is 2.37. The molecule has 20 heavy (non-hydrogen) atoms. The van der Waals surface area contributed by atoms with E-state index in [0.717, 1.165) is 5.56 Å². The lowest BCUT2D eigenvalue weighted by Crippen LogP contribution is -2.36. The van der Waals surface area contributed by atoms with Gasteiger partial charge < -0.3 is 19.9 Å². The van der Waals surface area contributed by atoms with E-state index in [0.29, 0.717) is 0 Å². The van der Waals surface area contributed by atoms with Gasteiger partial charge in [-0.15, -0.1) is 0 Å². The summed E-state index contributed by atoms with van der Waals surface area (Å²) < 4.78 is 10.6. The second-order valence-electron chi connectivity index (χ2n) is 5.41. The van der Waals surface area contributed by atoms with Gasteiger partial charge in [0.25, 0.3) is 0 Å². The number of nitrogens with one attached hydrogen (secondary N) is 1. The Morgan fingerprint density at radius 2 is 1.95 bits per heavy atom. The third-order valence-corrected chi connectivity index (χ3v) is 2.41. The maximum atomic E-state index is 11.8. The fourth-order valence-electron chi connectivity index (χ4n) is 1.62. The minimum absolute atomic E-state index is 0.0477. The van der Waals surface area contributed by atoms with E-state index >= 15 is 0 Å². The van der Waals surface area contributed by atoms with Gasteiger partial charge in [-0.1, -0.05) is 30.3 Å². The molecule has 0 radical (unpaired) electrons. The molecule has 1 aromatic rings. The van der Waals surface area contributed by atoms with Crippen molar-refractivity contribution in [3.8, 4) is 0 Å². The number of benzene rings is 1. The van der Waals surface area contributed by atoms with Crippen molar-refractivity contribution in [3.05, 3.63) is 35.9 Å². The highest BCUT2D eigenvalue weighted by Gasteiger charge is 2.20. The lowest BCUT2D eigenvalue weighted by atomic mass is 10.1. The molecule has 0 unspecified atom stereocenters. The molecule has 1 atom stereocenters. The molecule has 0 saturated carbocycles. The molecule has 1 rings (SSSR count). The number of aliphatic hydroxyl groups excluding tert-OH is 1. The summed E-state index contributed by atoms with van der Waals surface area (Å²) in [6.45, 7) is 5.90. The molecule has 1 amide bonds. The lowest BCUT2D eigenvalue weighted by molar-refractivity contribution is 0.0408. The summed E-state index contributed by atoms with van der Waals surface area (Å²) in [5, 5.41) is 11.5. The van der Waals surface area contributed by atoms with Crippen LogP contribution in [0.25, 0.3) is 0 Å². The average molecular weight is 281 g/mol. The third-order valence-electron chi connectivity index (χ3n) is 2.41. The van der Waals surface area contributed by atoms with Crippen LogP contribution < -0.4 is 5.32 Å². The van der Waals surface area contributed by atoms with E-state index in [2.05, 4.69) is 5.32 Å². The van der Waals surface area contributed by atoms with Crippen molar-refractivity contribution in [3.63, 3.8) is 0 Å². The number of hydrogen-bond acceptors (Lipinski definition) is 4. The van der Waals surface area contributed by atoms with Crippen LogP contribution in [0, 0.1) is 0 Å². The van der Waals surface area contributed by atoms with Gasteiger partial charge in [-0.3, -0.25) is 0 Å². The van der Waals surface area contributed by atoms with E-state index in [1.54, 1.807) is 0 Å². The van der Waals surface area contributed by atoms with E-state index in [9.17, 15) is 4.79 Å². The number of hydrogen-bond donors (Lipinski definition) is 2. The Bertz CT molecular complexity index is 400. The molecule has 0 fully saturated rings. The second kappa shape index (κ2) is 7.87. The normalized spacial score (nSPS) is 12.8. The Labute approximate surface area is 119 Å². The molecular formula is C15H23NO4. The van der Waals surface area contributed by atoms with Crippen LogP contribution in [0.15, 0.2) is 30.3 Å². The quantitative estimate of drug-likeness (QED) is 0.785. The molecule has 0 aliphatic carbocycles. The van der Waals surface area contributed by atoms with Crippen LogP contribution in [0.2, 0.25) is 0 Å². The van der Waals surface area contributed by atoms with Gasteiger partial charge in [-0.25, -0.2) is 4.79 Å². The topological polar surface area (TPSA) is 67.8 Å². The van der Waals surface area contributed by atoms with Crippen molar-refractivity contribution < 1.29 is 19.4 Å². The smallest absolute Gasteiger partial charge is 0.408 e. The number of carbonyl (C=O) groups excluding carboxylic acids is 1. The summed E-state index contributed by atoms with van der Waals surface area (Å²) in [5.74, 6) is 0. The van der Waals surface area contributed by atoms with E-state index in [-0.39, 0.29) is 25.9 Å². The minimum atomic E-state index is -0.544. The first kappa shape index (κ1) is 16.5. The standard InChI is InChI=1S/C15H23NO4/c1-15(2,3)20-14(18)16-13(11-19-10-9-17)12-7-5-4-6-8-12/h4-8,13,17H,9-11H2,1-3H3,(H,16,18)/t13-/m1/s1. The molecule has 0 bridgehead atoms.